The number of hydrogen-bond acceptors (Lipinski definition) is 3. The van der Waals surface area contributed by atoms with Crippen LogP contribution in [0.1, 0.15) is 24.2 Å². The first-order chi connectivity index (χ1) is 8.99. The van der Waals surface area contributed by atoms with Crippen molar-refractivity contribution in [2.75, 3.05) is 0 Å². The highest BCUT2D eigenvalue weighted by atomic mass is 19.2. The molecular formula is C13H12F2N2O2. The molecule has 4 nitrogen and oxygen atoms in total. The van der Waals surface area contributed by atoms with Gasteiger partial charge in [0, 0.05) is 11.6 Å². The first kappa shape index (κ1) is 13.2. The molecule has 0 saturated carbocycles. The molecule has 0 spiro atoms. The zero-order valence-corrected chi connectivity index (χ0v) is 10.4. The summed E-state index contributed by atoms with van der Waals surface area (Å²) in [6, 6.07) is 3.20. The summed E-state index contributed by atoms with van der Waals surface area (Å²) in [7, 11) is 0. The highest BCUT2D eigenvalue weighted by Crippen LogP contribution is 2.25. The van der Waals surface area contributed by atoms with E-state index in [1.54, 1.807) is 0 Å². The molecule has 0 aliphatic heterocycles. The number of hydrogen-bond donors (Lipinski definition) is 1. The number of amides is 1. The average Bonchev–Trinajstić information content (AvgIpc) is 2.81. The molecule has 2 rings (SSSR count). The van der Waals surface area contributed by atoms with E-state index >= 15 is 0 Å². The van der Waals surface area contributed by atoms with E-state index in [2.05, 4.69) is 10.5 Å². The third-order valence-corrected chi connectivity index (χ3v) is 2.42. The molecule has 0 atom stereocenters. The molecule has 0 radical (unpaired) electrons. The number of carbonyl (C=O) groups is 1. The van der Waals surface area contributed by atoms with Gasteiger partial charge in [0.1, 0.15) is 5.56 Å². The van der Waals surface area contributed by atoms with Crippen molar-refractivity contribution in [2.45, 2.75) is 19.9 Å². The monoisotopic (exact) mass is 266 g/mol. The first-order valence-corrected chi connectivity index (χ1v) is 5.70. The quantitative estimate of drug-likeness (QED) is 0.929. The van der Waals surface area contributed by atoms with Gasteiger partial charge in [-0.1, -0.05) is 5.16 Å². The van der Waals surface area contributed by atoms with Gasteiger partial charge in [0.15, 0.2) is 17.4 Å². The van der Waals surface area contributed by atoms with Crippen LogP contribution in [0.3, 0.4) is 0 Å². The third-order valence-electron chi connectivity index (χ3n) is 2.42. The second kappa shape index (κ2) is 5.17. The summed E-state index contributed by atoms with van der Waals surface area (Å²) in [5, 5.41) is 6.20. The number of halogens is 2. The van der Waals surface area contributed by atoms with Crippen molar-refractivity contribution in [3.63, 3.8) is 0 Å². The lowest BCUT2D eigenvalue weighted by Crippen LogP contribution is -2.30. The van der Waals surface area contributed by atoms with Gasteiger partial charge in [-0.05, 0) is 32.0 Å². The van der Waals surface area contributed by atoms with Gasteiger partial charge in [-0.3, -0.25) is 4.79 Å². The molecule has 1 aromatic heterocycles. The highest BCUT2D eigenvalue weighted by molar-refractivity contribution is 5.99. The molecule has 0 unspecified atom stereocenters. The van der Waals surface area contributed by atoms with Crippen LogP contribution in [-0.4, -0.2) is 17.1 Å². The summed E-state index contributed by atoms with van der Waals surface area (Å²) in [5.74, 6) is -2.24. The molecule has 0 bridgehead atoms. The van der Waals surface area contributed by atoms with E-state index in [4.69, 9.17) is 4.52 Å². The molecular weight excluding hydrogens is 254 g/mol. The maximum atomic E-state index is 13.2. The van der Waals surface area contributed by atoms with Crippen molar-refractivity contribution in [1.29, 1.82) is 0 Å². The Hall–Kier alpha value is -2.24. The zero-order valence-electron chi connectivity index (χ0n) is 10.4. The topological polar surface area (TPSA) is 55.1 Å². The third kappa shape index (κ3) is 2.78. The van der Waals surface area contributed by atoms with Crippen molar-refractivity contribution in [1.82, 2.24) is 10.5 Å². The van der Waals surface area contributed by atoms with Crippen LogP contribution in [0, 0.1) is 11.6 Å². The van der Waals surface area contributed by atoms with Gasteiger partial charge in [0.05, 0.1) is 6.20 Å². The van der Waals surface area contributed by atoms with Gasteiger partial charge in [-0.15, -0.1) is 0 Å². The molecule has 0 fully saturated rings. The molecule has 0 saturated heterocycles. The Morgan fingerprint density at radius 3 is 2.68 bits per heavy atom. The predicted octanol–water partition coefficient (Wildman–Crippen LogP) is 2.76. The summed E-state index contributed by atoms with van der Waals surface area (Å²) >= 11 is 0. The highest BCUT2D eigenvalue weighted by Gasteiger charge is 2.19. The van der Waals surface area contributed by atoms with Crippen molar-refractivity contribution >= 4 is 5.91 Å². The summed E-state index contributed by atoms with van der Waals surface area (Å²) in [5.41, 5.74) is 0.435. The van der Waals surface area contributed by atoms with E-state index in [9.17, 15) is 13.6 Å². The van der Waals surface area contributed by atoms with Crippen LogP contribution < -0.4 is 5.32 Å². The van der Waals surface area contributed by atoms with Gasteiger partial charge in [0.25, 0.3) is 5.91 Å². The van der Waals surface area contributed by atoms with Crippen molar-refractivity contribution in [3.05, 3.63) is 41.6 Å². The van der Waals surface area contributed by atoms with Gasteiger partial charge in [0.2, 0.25) is 0 Å². The molecule has 19 heavy (non-hydrogen) atoms. The van der Waals surface area contributed by atoms with Crippen LogP contribution in [0.25, 0.3) is 11.3 Å². The molecule has 1 heterocycles. The summed E-state index contributed by atoms with van der Waals surface area (Å²) < 4.78 is 31.0. The summed E-state index contributed by atoms with van der Waals surface area (Å²) in [6.07, 6.45) is 1.24. The van der Waals surface area contributed by atoms with Crippen LogP contribution in [0.15, 0.2) is 28.9 Å². The standard InChI is InChI=1S/C13H12F2N2O2/c1-7(2)17-13(18)9-6-16-19-12(9)8-3-4-10(14)11(15)5-8/h3-7H,1-2H3,(H,17,18). The number of benzene rings is 1. The second-order valence-corrected chi connectivity index (χ2v) is 4.33. The van der Waals surface area contributed by atoms with Gasteiger partial charge >= 0.3 is 0 Å². The predicted molar refractivity (Wildman–Crippen MR) is 64.5 cm³/mol. The summed E-state index contributed by atoms with van der Waals surface area (Å²) in [6.45, 7) is 3.62. The molecule has 1 N–H and O–H groups in total. The number of nitrogens with zero attached hydrogens (tertiary/aromatic N) is 1. The maximum Gasteiger partial charge on any atom is 0.257 e. The number of aromatic nitrogens is 1. The normalized spacial score (nSPS) is 10.8. The number of rotatable bonds is 3. The van der Waals surface area contributed by atoms with E-state index in [-0.39, 0.29) is 28.8 Å². The van der Waals surface area contributed by atoms with Crippen molar-refractivity contribution < 1.29 is 18.1 Å². The Bertz CT molecular complexity index is 608. The van der Waals surface area contributed by atoms with Gasteiger partial charge in [-0.25, -0.2) is 8.78 Å². The molecule has 0 aliphatic carbocycles. The Balaban J connectivity index is 2.38. The fraction of sp³-hybridized carbons (Fsp3) is 0.231. The minimum Gasteiger partial charge on any atom is -0.355 e. The van der Waals surface area contributed by atoms with E-state index in [1.807, 2.05) is 13.8 Å². The van der Waals surface area contributed by atoms with Crippen LogP contribution in [0.5, 0.6) is 0 Å². The lowest BCUT2D eigenvalue weighted by Gasteiger charge is -2.07. The minimum atomic E-state index is -1.01. The fourth-order valence-corrected chi connectivity index (χ4v) is 1.59. The molecule has 1 aromatic carbocycles. The van der Waals surface area contributed by atoms with Crippen molar-refractivity contribution in [2.24, 2.45) is 0 Å². The molecule has 100 valence electrons. The average molecular weight is 266 g/mol. The Morgan fingerprint density at radius 1 is 1.32 bits per heavy atom. The molecule has 1 amide bonds. The van der Waals surface area contributed by atoms with E-state index in [0.717, 1.165) is 12.1 Å². The minimum absolute atomic E-state index is 0.0554. The smallest absolute Gasteiger partial charge is 0.257 e. The maximum absolute atomic E-state index is 13.2. The fourth-order valence-electron chi connectivity index (χ4n) is 1.59. The van der Waals surface area contributed by atoms with Crippen LogP contribution in [0.2, 0.25) is 0 Å². The lowest BCUT2D eigenvalue weighted by molar-refractivity contribution is 0.0943. The Kier molecular flexibility index (Phi) is 3.59. The van der Waals surface area contributed by atoms with Crippen LogP contribution in [-0.2, 0) is 0 Å². The Labute approximate surface area is 108 Å². The SMILES string of the molecule is CC(C)NC(=O)c1cnoc1-c1ccc(F)c(F)c1. The molecule has 6 heteroatoms. The van der Waals surface area contributed by atoms with Crippen molar-refractivity contribution in [3.8, 4) is 11.3 Å². The zero-order chi connectivity index (χ0) is 14.0. The van der Waals surface area contributed by atoms with Crippen LogP contribution >= 0.6 is 0 Å². The van der Waals surface area contributed by atoms with Gasteiger partial charge < -0.3 is 9.84 Å². The number of nitrogens with one attached hydrogen (secondary N) is 1. The summed E-state index contributed by atoms with van der Waals surface area (Å²) in [4.78, 5) is 11.9. The second-order valence-electron chi connectivity index (χ2n) is 4.33. The number of carbonyl (C=O) groups excluding carboxylic acids is 1. The largest absolute Gasteiger partial charge is 0.355 e. The molecule has 0 aliphatic rings. The lowest BCUT2D eigenvalue weighted by atomic mass is 10.1. The first-order valence-electron chi connectivity index (χ1n) is 5.70. The van der Waals surface area contributed by atoms with E-state index in [1.165, 1.54) is 12.3 Å². The Morgan fingerprint density at radius 2 is 2.05 bits per heavy atom. The van der Waals surface area contributed by atoms with E-state index < -0.39 is 11.6 Å². The van der Waals surface area contributed by atoms with Crippen LogP contribution in [0.4, 0.5) is 8.78 Å². The van der Waals surface area contributed by atoms with E-state index in [0.29, 0.717) is 0 Å². The van der Waals surface area contributed by atoms with Gasteiger partial charge in [-0.2, -0.15) is 0 Å². The molecule has 2 aromatic rings.